The molecule has 0 aliphatic heterocycles. The summed E-state index contributed by atoms with van der Waals surface area (Å²) in [5.74, 6) is 0.722. The number of hydrogen-bond acceptors (Lipinski definition) is 9. The van der Waals surface area contributed by atoms with Crippen LogP contribution < -0.4 is 14.8 Å². The van der Waals surface area contributed by atoms with E-state index < -0.39 is 10.8 Å². The first-order valence-electron chi connectivity index (χ1n) is 8.82. The minimum atomic E-state index is -0.558. The maximum atomic E-state index is 12.2. The lowest BCUT2D eigenvalue weighted by atomic mass is 10.2. The molecule has 0 fully saturated rings. The van der Waals surface area contributed by atoms with Crippen molar-refractivity contribution in [2.24, 2.45) is 0 Å². The van der Waals surface area contributed by atoms with Crippen molar-refractivity contribution in [2.75, 3.05) is 18.2 Å². The number of amides is 1. The number of anilines is 1. The molecule has 0 radical (unpaired) electrons. The van der Waals surface area contributed by atoms with Crippen LogP contribution in [-0.2, 0) is 11.4 Å². The zero-order chi connectivity index (χ0) is 22.4. The summed E-state index contributed by atoms with van der Waals surface area (Å²) >= 11 is 6.94. The Balaban J connectivity index is 1.54. The second-order valence-electron chi connectivity index (χ2n) is 6.14. The molecule has 0 unspecified atom stereocenters. The Bertz CT molecular complexity index is 1110. The second kappa shape index (κ2) is 10.1. The number of thioether (sulfide) groups is 1. The van der Waals surface area contributed by atoms with Crippen LogP contribution in [0.15, 0.2) is 46.0 Å². The standard InChI is InChI=1S/C19H17ClN4O6S/c1-11-7-12(20)3-5-15(11)29-9-18-22-23-19(30-18)31-10-17(25)21-14-8-13(24(26)27)4-6-16(14)28-2/h3-8H,9-10H2,1-2H3,(H,21,25). The molecule has 0 saturated heterocycles. The Morgan fingerprint density at radius 2 is 2.03 bits per heavy atom. The minimum absolute atomic E-state index is 0.0510. The van der Waals surface area contributed by atoms with Gasteiger partial charge in [-0.25, -0.2) is 0 Å². The molecule has 12 heteroatoms. The van der Waals surface area contributed by atoms with E-state index in [1.807, 2.05) is 6.92 Å². The van der Waals surface area contributed by atoms with Gasteiger partial charge >= 0.3 is 0 Å². The normalized spacial score (nSPS) is 10.5. The molecule has 31 heavy (non-hydrogen) atoms. The second-order valence-corrected chi connectivity index (χ2v) is 7.50. The first-order valence-corrected chi connectivity index (χ1v) is 10.2. The van der Waals surface area contributed by atoms with E-state index in [9.17, 15) is 14.9 Å². The van der Waals surface area contributed by atoms with Gasteiger partial charge < -0.3 is 19.2 Å². The smallest absolute Gasteiger partial charge is 0.277 e. The minimum Gasteiger partial charge on any atom is -0.495 e. The van der Waals surface area contributed by atoms with Crippen LogP contribution in [0.4, 0.5) is 11.4 Å². The highest BCUT2D eigenvalue weighted by Crippen LogP contribution is 2.29. The maximum Gasteiger partial charge on any atom is 0.277 e. The van der Waals surface area contributed by atoms with Gasteiger partial charge in [-0.15, -0.1) is 10.2 Å². The van der Waals surface area contributed by atoms with Gasteiger partial charge in [0.05, 0.1) is 23.5 Å². The van der Waals surface area contributed by atoms with Crippen molar-refractivity contribution in [1.29, 1.82) is 0 Å². The maximum absolute atomic E-state index is 12.2. The number of ether oxygens (including phenoxy) is 2. The molecular formula is C19H17ClN4O6S. The number of rotatable bonds is 9. The summed E-state index contributed by atoms with van der Waals surface area (Å²) in [4.78, 5) is 22.6. The highest BCUT2D eigenvalue weighted by molar-refractivity contribution is 7.99. The van der Waals surface area contributed by atoms with Gasteiger partial charge in [0.15, 0.2) is 6.61 Å². The van der Waals surface area contributed by atoms with Gasteiger partial charge in [-0.3, -0.25) is 14.9 Å². The number of hydrogen-bond donors (Lipinski definition) is 1. The molecule has 10 nitrogen and oxygen atoms in total. The van der Waals surface area contributed by atoms with E-state index in [2.05, 4.69) is 15.5 Å². The number of carbonyl (C=O) groups excluding carboxylic acids is 1. The number of nitro groups is 1. The number of aryl methyl sites for hydroxylation is 1. The number of benzene rings is 2. The van der Waals surface area contributed by atoms with E-state index in [-0.39, 0.29) is 34.8 Å². The fraction of sp³-hybridized carbons (Fsp3) is 0.211. The fourth-order valence-electron chi connectivity index (χ4n) is 2.49. The molecule has 0 aliphatic rings. The number of nitrogens with zero attached hydrogens (tertiary/aromatic N) is 3. The third-order valence-electron chi connectivity index (χ3n) is 3.93. The number of non-ortho nitro benzene ring substituents is 1. The van der Waals surface area contributed by atoms with Crippen LogP contribution in [0.1, 0.15) is 11.5 Å². The molecule has 3 aromatic rings. The quantitative estimate of drug-likeness (QED) is 0.280. The lowest BCUT2D eigenvalue weighted by Gasteiger charge is -2.09. The van der Waals surface area contributed by atoms with Crippen molar-refractivity contribution in [2.45, 2.75) is 18.8 Å². The number of nitro benzene ring substituents is 1. The molecule has 0 aliphatic carbocycles. The van der Waals surface area contributed by atoms with E-state index in [0.29, 0.717) is 16.5 Å². The number of halogens is 1. The van der Waals surface area contributed by atoms with Gasteiger partial charge in [-0.05, 0) is 36.8 Å². The Labute approximate surface area is 186 Å². The summed E-state index contributed by atoms with van der Waals surface area (Å²) < 4.78 is 16.2. The summed E-state index contributed by atoms with van der Waals surface area (Å²) in [5, 5.41) is 22.1. The Hall–Kier alpha value is -3.31. The number of methoxy groups -OCH3 is 1. The Kier molecular flexibility index (Phi) is 7.32. The molecule has 1 N–H and O–H groups in total. The topological polar surface area (TPSA) is 130 Å². The summed E-state index contributed by atoms with van der Waals surface area (Å²) in [6.07, 6.45) is 0. The van der Waals surface area contributed by atoms with E-state index >= 15 is 0 Å². The molecule has 1 aromatic heterocycles. The first kappa shape index (κ1) is 22.4. The molecule has 0 saturated carbocycles. The highest BCUT2D eigenvalue weighted by Gasteiger charge is 2.15. The molecule has 2 aromatic carbocycles. The van der Waals surface area contributed by atoms with Crippen LogP contribution in [-0.4, -0.2) is 33.9 Å². The Morgan fingerprint density at radius 1 is 1.26 bits per heavy atom. The molecule has 1 amide bonds. The molecule has 1 heterocycles. The van der Waals surface area contributed by atoms with Gasteiger partial charge in [0, 0.05) is 17.2 Å². The molecule has 3 rings (SSSR count). The molecule has 162 valence electrons. The van der Waals surface area contributed by atoms with Crippen LogP contribution in [0.2, 0.25) is 5.02 Å². The monoisotopic (exact) mass is 464 g/mol. The predicted molar refractivity (Wildman–Crippen MR) is 114 cm³/mol. The lowest BCUT2D eigenvalue weighted by molar-refractivity contribution is -0.384. The van der Waals surface area contributed by atoms with Gasteiger partial charge in [0.2, 0.25) is 5.91 Å². The average molecular weight is 465 g/mol. The summed E-state index contributed by atoms with van der Waals surface area (Å²) in [5.41, 5.74) is 0.899. The van der Waals surface area contributed by atoms with E-state index in [1.165, 1.54) is 25.3 Å². The van der Waals surface area contributed by atoms with Crippen molar-refractivity contribution in [3.05, 3.63) is 63.0 Å². The van der Waals surface area contributed by atoms with Crippen molar-refractivity contribution in [3.63, 3.8) is 0 Å². The molecule has 0 bridgehead atoms. The SMILES string of the molecule is COc1ccc([N+](=O)[O-])cc1NC(=O)CSc1nnc(COc2ccc(Cl)cc2C)o1. The predicted octanol–water partition coefficient (Wildman–Crippen LogP) is 4.26. The van der Waals surface area contributed by atoms with Gasteiger partial charge in [-0.1, -0.05) is 23.4 Å². The average Bonchev–Trinajstić information content (AvgIpc) is 3.19. The van der Waals surface area contributed by atoms with Crippen LogP contribution in [0.5, 0.6) is 11.5 Å². The van der Waals surface area contributed by atoms with Crippen LogP contribution in [0.25, 0.3) is 0 Å². The fourth-order valence-corrected chi connectivity index (χ4v) is 3.30. The van der Waals surface area contributed by atoms with Crippen molar-refractivity contribution >= 4 is 40.6 Å². The van der Waals surface area contributed by atoms with E-state index in [0.717, 1.165) is 17.3 Å². The van der Waals surface area contributed by atoms with Gasteiger partial charge in [0.1, 0.15) is 11.5 Å². The number of nitrogens with one attached hydrogen (secondary N) is 1. The summed E-state index contributed by atoms with van der Waals surface area (Å²) in [6, 6.07) is 9.16. The third-order valence-corrected chi connectivity index (χ3v) is 4.98. The zero-order valence-corrected chi connectivity index (χ0v) is 18.0. The lowest BCUT2D eigenvalue weighted by Crippen LogP contribution is -2.15. The van der Waals surface area contributed by atoms with Crippen molar-refractivity contribution in [1.82, 2.24) is 10.2 Å². The van der Waals surface area contributed by atoms with E-state index in [4.69, 9.17) is 25.5 Å². The number of aromatic nitrogens is 2. The zero-order valence-electron chi connectivity index (χ0n) is 16.5. The Morgan fingerprint density at radius 3 is 2.74 bits per heavy atom. The largest absolute Gasteiger partial charge is 0.495 e. The first-order chi connectivity index (χ1) is 14.9. The highest BCUT2D eigenvalue weighted by atomic mass is 35.5. The van der Waals surface area contributed by atoms with Crippen LogP contribution >= 0.6 is 23.4 Å². The number of carbonyl (C=O) groups is 1. The van der Waals surface area contributed by atoms with Crippen molar-refractivity contribution < 1.29 is 23.6 Å². The molecule has 0 spiro atoms. The van der Waals surface area contributed by atoms with Gasteiger partial charge in [0.25, 0.3) is 16.8 Å². The summed E-state index contributed by atoms with van der Waals surface area (Å²) in [6.45, 7) is 1.93. The van der Waals surface area contributed by atoms with Crippen LogP contribution in [0, 0.1) is 17.0 Å². The van der Waals surface area contributed by atoms with E-state index in [1.54, 1.807) is 18.2 Å². The molecule has 0 atom stereocenters. The third kappa shape index (κ3) is 6.09. The van der Waals surface area contributed by atoms with Crippen molar-refractivity contribution in [3.8, 4) is 11.5 Å². The molecular weight excluding hydrogens is 448 g/mol. The van der Waals surface area contributed by atoms with Gasteiger partial charge in [-0.2, -0.15) is 0 Å². The summed E-state index contributed by atoms with van der Waals surface area (Å²) in [7, 11) is 1.40. The van der Waals surface area contributed by atoms with Crippen LogP contribution in [0.3, 0.4) is 0 Å².